The topological polar surface area (TPSA) is 120 Å². The maximum absolute atomic E-state index is 14.1. The van der Waals surface area contributed by atoms with Crippen LogP contribution in [-0.2, 0) is 19.1 Å². The summed E-state index contributed by atoms with van der Waals surface area (Å²) in [7, 11) is 0. The molecule has 3 aliphatic rings. The zero-order chi connectivity index (χ0) is 30.9. The number of hydrogen-bond donors (Lipinski definition) is 3. The average molecular weight is 593 g/mol. The maximum atomic E-state index is 14.1. The first-order chi connectivity index (χ1) is 20.6. The number of rotatable bonds is 12. The van der Waals surface area contributed by atoms with Gasteiger partial charge in [0, 0.05) is 43.3 Å². The van der Waals surface area contributed by atoms with E-state index in [1.165, 1.54) is 4.90 Å². The van der Waals surface area contributed by atoms with Gasteiger partial charge in [0.1, 0.15) is 17.4 Å². The van der Waals surface area contributed by atoms with Gasteiger partial charge in [0.25, 0.3) is 0 Å². The van der Waals surface area contributed by atoms with Gasteiger partial charge in [-0.2, -0.15) is 0 Å². The van der Waals surface area contributed by atoms with Gasteiger partial charge in [-0.25, -0.2) is 0 Å². The van der Waals surface area contributed by atoms with Crippen molar-refractivity contribution in [3.63, 3.8) is 0 Å². The summed E-state index contributed by atoms with van der Waals surface area (Å²) in [5.74, 6) is -1.94. The molecule has 3 amide bonds. The number of anilines is 3. The van der Waals surface area contributed by atoms with Crippen LogP contribution in [0.1, 0.15) is 47.5 Å². The second-order valence-electron chi connectivity index (χ2n) is 12.0. The molecule has 10 heteroatoms. The number of carbonyl (C=O) groups is 3. The van der Waals surface area contributed by atoms with Gasteiger partial charge in [-0.15, -0.1) is 0 Å². The quantitative estimate of drug-likeness (QED) is 0.342. The molecule has 3 saturated heterocycles. The minimum Gasteiger partial charge on any atom is -0.494 e. The third kappa shape index (κ3) is 5.25. The van der Waals surface area contributed by atoms with E-state index in [1.54, 1.807) is 24.3 Å². The van der Waals surface area contributed by atoms with E-state index in [1.807, 2.05) is 45.0 Å². The van der Waals surface area contributed by atoms with Crippen molar-refractivity contribution in [1.29, 1.82) is 0 Å². The third-order valence-corrected chi connectivity index (χ3v) is 9.60. The Labute approximate surface area is 253 Å². The normalized spacial score (nSPS) is 29.0. The lowest BCUT2D eigenvalue weighted by molar-refractivity contribution is -0.144. The summed E-state index contributed by atoms with van der Waals surface area (Å²) in [6.07, 6.45) is 0.786. The number of nitrogens with one attached hydrogen (secondary N) is 2. The van der Waals surface area contributed by atoms with Crippen molar-refractivity contribution in [1.82, 2.24) is 4.90 Å². The highest BCUT2D eigenvalue weighted by Crippen LogP contribution is 2.65. The molecule has 2 aromatic rings. The molecule has 5 rings (SSSR count). The second kappa shape index (κ2) is 12.2. The number of amides is 3. The lowest BCUT2D eigenvalue weighted by Crippen LogP contribution is -2.54. The van der Waals surface area contributed by atoms with Crippen molar-refractivity contribution in [3.8, 4) is 5.75 Å². The molecule has 2 bridgehead atoms. The van der Waals surface area contributed by atoms with Crippen LogP contribution in [0.2, 0.25) is 0 Å². The summed E-state index contributed by atoms with van der Waals surface area (Å²) in [6.45, 7) is 12.3. The molecule has 3 aliphatic heterocycles. The molecule has 2 aromatic carbocycles. The van der Waals surface area contributed by atoms with E-state index in [-0.39, 0.29) is 36.8 Å². The van der Waals surface area contributed by atoms with Gasteiger partial charge in [-0.3, -0.25) is 14.4 Å². The highest BCUT2D eigenvalue weighted by atomic mass is 16.5. The zero-order valence-corrected chi connectivity index (χ0v) is 25.8. The van der Waals surface area contributed by atoms with Crippen LogP contribution in [0.25, 0.3) is 0 Å². The van der Waals surface area contributed by atoms with Crippen LogP contribution in [0.15, 0.2) is 48.5 Å². The molecule has 6 atom stereocenters. The van der Waals surface area contributed by atoms with E-state index >= 15 is 0 Å². The molecular weight excluding hydrogens is 548 g/mol. The third-order valence-electron chi connectivity index (χ3n) is 9.60. The molecule has 3 fully saturated rings. The lowest BCUT2D eigenvalue weighted by atomic mass is 9.62. The van der Waals surface area contributed by atoms with Crippen molar-refractivity contribution in [2.45, 2.75) is 64.7 Å². The molecule has 10 nitrogen and oxygen atoms in total. The van der Waals surface area contributed by atoms with Gasteiger partial charge < -0.3 is 35.0 Å². The monoisotopic (exact) mass is 592 g/mol. The van der Waals surface area contributed by atoms with Crippen LogP contribution in [0, 0.1) is 17.8 Å². The highest BCUT2D eigenvalue weighted by molar-refractivity contribution is 6.05. The Morgan fingerprint density at radius 3 is 2.21 bits per heavy atom. The first-order valence-electron chi connectivity index (χ1n) is 15.4. The van der Waals surface area contributed by atoms with E-state index in [4.69, 9.17) is 9.47 Å². The van der Waals surface area contributed by atoms with E-state index in [0.717, 1.165) is 18.8 Å². The van der Waals surface area contributed by atoms with Gasteiger partial charge in [0.05, 0.1) is 24.0 Å². The van der Waals surface area contributed by atoms with Crippen LogP contribution in [-0.4, -0.2) is 77.8 Å². The van der Waals surface area contributed by atoms with E-state index in [2.05, 4.69) is 29.4 Å². The van der Waals surface area contributed by atoms with Crippen molar-refractivity contribution in [3.05, 3.63) is 48.5 Å². The number of carbonyl (C=O) groups excluding carboxylic acids is 3. The Morgan fingerprint density at radius 2 is 1.63 bits per heavy atom. The summed E-state index contributed by atoms with van der Waals surface area (Å²) in [6, 6.07) is 13.8. The first kappa shape index (κ1) is 30.8. The minimum atomic E-state index is -1.16. The molecule has 0 saturated carbocycles. The standard InChI is InChI=1S/C33H44N4O6/c1-6-36(7-2)24-14-10-22(11-15-24)35-30(40)28-33-20-21(4)32(5,43-33)26(27(33)31(41)37(28)18-9-19-38)29(39)34-23-12-16-25(17-13-23)42-8-3/h10-17,21,26-28,38H,6-9,18-20H2,1-5H3,(H,34,39)(H,35,40)/t21?,26-,27-,28?,32+,33?/m0/s1. The maximum Gasteiger partial charge on any atom is 0.250 e. The molecule has 0 radical (unpaired) electrons. The van der Waals surface area contributed by atoms with Gasteiger partial charge in [0.2, 0.25) is 17.7 Å². The number of nitrogens with zero attached hydrogens (tertiary/aromatic N) is 2. The predicted molar refractivity (Wildman–Crippen MR) is 165 cm³/mol. The largest absolute Gasteiger partial charge is 0.494 e. The number of hydrogen-bond acceptors (Lipinski definition) is 7. The zero-order valence-electron chi connectivity index (χ0n) is 25.8. The van der Waals surface area contributed by atoms with Gasteiger partial charge in [-0.05, 0) is 95.0 Å². The molecule has 3 N–H and O–H groups in total. The van der Waals surface area contributed by atoms with Crippen LogP contribution in [0.4, 0.5) is 17.1 Å². The summed E-state index contributed by atoms with van der Waals surface area (Å²) < 4.78 is 12.3. The molecule has 232 valence electrons. The highest BCUT2D eigenvalue weighted by Gasteiger charge is 2.79. The Balaban J connectivity index is 1.44. The number of ether oxygens (including phenoxy) is 2. The smallest absolute Gasteiger partial charge is 0.250 e. The Kier molecular flexibility index (Phi) is 8.72. The van der Waals surface area contributed by atoms with Gasteiger partial charge in [-0.1, -0.05) is 6.92 Å². The molecular formula is C33H44N4O6. The van der Waals surface area contributed by atoms with Crippen LogP contribution in [0.3, 0.4) is 0 Å². The Hall–Kier alpha value is -3.63. The molecule has 0 aromatic heterocycles. The SMILES string of the molecule is CCOc1ccc(NC(=O)[C@@H]2[C@H]3C(=O)N(CCCO)C(C(=O)Nc4ccc(N(CC)CC)cc4)C34CC(C)[C@@]2(C)O4)cc1. The van der Waals surface area contributed by atoms with Crippen molar-refractivity contribution in [2.75, 3.05) is 48.4 Å². The van der Waals surface area contributed by atoms with Crippen molar-refractivity contribution < 1.29 is 29.0 Å². The average Bonchev–Trinajstić information content (AvgIpc) is 3.50. The minimum absolute atomic E-state index is 0.0749. The number of likely N-dealkylation sites (tertiary alicyclic amines) is 1. The number of fused-ring (bicyclic) bond motifs is 1. The molecule has 3 heterocycles. The fraction of sp³-hybridized carbons (Fsp3) is 0.545. The number of aliphatic hydroxyl groups excluding tert-OH is 1. The van der Waals surface area contributed by atoms with Crippen LogP contribution >= 0.6 is 0 Å². The number of benzene rings is 2. The van der Waals surface area contributed by atoms with Gasteiger partial charge in [0.15, 0.2) is 0 Å². The van der Waals surface area contributed by atoms with E-state index in [0.29, 0.717) is 36.6 Å². The molecule has 3 unspecified atom stereocenters. The second-order valence-corrected chi connectivity index (χ2v) is 12.0. The van der Waals surface area contributed by atoms with Crippen LogP contribution < -0.4 is 20.3 Å². The Morgan fingerprint density at radius 1 is 1.02 bits per heavy atom. The molecule has 43 heavy (non-hydrogen) atoms. The van der Waals surface area contributed by atoms with E-state index < -0.39 is 29.1 Å². The van der Waals surface area contributed by atoms with Crippen molar-refractivity contribution >= 4 is 34.8 Å². The van der Waals surface area contributed by atoms with E-state index in [9.17, 15) is 19.5 Å². The van der Waals surface area contributed by atoms with Crippen molar-refractivity contribution in [2.24, 2.45) is 17.8 Å². The summed E-state index contributed by atoms with van der Waals surface area (Å²) in [5.41, 5.74) is 0.178. The summed E-state index contributed by atoms with van der Waals surface area (Å²) in [5, 5.41) is 15.6. The number of aliphatic hydroxyl groups is 1. The van der Waals surface area contributed by atoms with Gasteiger partial charge >= 0.3 is 0 Å². The lowest BCUT2D eigenvalue weighted by Gasteiger charge is -2.36. The fourth-order valence-corrected chi connectivity index (χ4v) is 7.50. The first-order valence-corrected chi connectivity index (χ1v) is 15.4. The van der Waals surface area contributed by atoms with Crippen LogP contribution in [0.5, 0.6) is 5.75 Å². The molecule has 0 aliphatic carbocycles. The Bertz CT molecular complexity index is 1330. The predicted octanol–water partition coefficient (Wildman–Crippen LogP) is 3.90. The summed E-state index contributed by atoms with van der Waals surface area (Å²) in [4.78, 5) is 45.9. The fourth-order valence-electron chi connectivity index (χ4n) is 7.50. The summed E-state index contributed by atoms with van der Waals surface area (Å²) >= 11 is 0. The molecule has 1 spiro atoms.